The molecule has 4 heteroatoms. The monoisotopic (exact) mass is 247 g/mol. The minimum Gasteiger partial charge on any atom is -0.487 e. The molecule has 0 atom stereocenters. The largest absolute Gasteiger partial charge is 0.487 e. The molecule has 0 bridgehead atoms. The Labute approximate surface area is 106 Å². The molecule has 0 spiro atoms. The molecule has 0 unspecified atom stereocenters. The molecular weight excluding hydrogens is 230 g/mol. The van der Waals surface area contributed by atoms with E-state index in [-0.39, 0.29) is 6.61 Å². The molecule has 1 aromatic heterocycles. The second kappa shape index (κ2) is 5.23. The highest BCUT2D eigenvalue weighted by Crippen LogP contribution is 2.25. The molecule has 0 aliphatic rings. The molecule has 4 nitrogen and oxygen atoms in total. The number of aryl methyl sites for hydroxylation is 3. The molecule has 0 fully saturated rings. The molecule has 0 saturated heterocycles. The Morgan fingerprint density at radius 2 is 1.83 bits per heavy atom. The third kappa shape index (κ3) is 2.71. The Morgan fingerprint density at radius 1 is 1.17 bits per heavy atom. The summed E-state index contributed by atoms with van der Waals surface area (Å²) in [7, 11) is 0. The molecule has 96 valence electrons. The number of aliphatic hydroxyl groups excluding tert-OH is 1. The summed E-state index contributed by atoms with van der Waals surface area (Å²) in [5.74, 6) is 1.62. The van der Waals surface area contributed by atoms with E-state index >= 15 is 0 Å². The molecule has 1 aromatic carbocycles. The minimum atomic E-state index is 0.0461. The molecule has 1 heterocycles. The molecule has 0 amide bonds. The Bertz CT molecular complexity index is 523. The summed E-state index contributed by atoms with van der Waals surface area (Å²) in [6, 6.07) is 5.71. The van der Waals surface area contributed by atoms with E-state index in [0.717, 1.165) is 33.9 Å². The van der Waals surface area contributed by atoms with Crippen molar-refractivity contribution in [1.29, 1.82) is 0 Å². The van der Waals surface area contributed by atoms with Crippen molar-refractivity contribution in [3.63, 3.8) is 0 Å². The van der Waals surface area contributed by atoms with E-state index in [4.69, 9.17) is 14.4 Å². The lowest BCUT2D eigenvalue weighted by Crippen LogP contribution is -2.00. The fraction of sp³-hybridized carbons (Fsp3) is 0.357. The summed E-state index contributed by atoms with van der Waals surface area (Å²) < 4.78 is 10.7. The van der Waals surface area contributed by atoms with Gasteiger partial charge in [0.15, 0.2) is 0 Å². The summed E-state index contributed by atoms with van der Waals surface area (Å²) >= 11 is 0. The summed E-state index contributed by atoms with van der Waals surface area (Å²) in [6.45, 7) is 6.22. The van der Waals surface area contributed by atoms with Gasteiger partial charge in [-0.05, 0) is 37.5 Å². The number of aliphatic hydroxyl groups is 1. The van der Waals surface area contributed by atoms with Gasteiger partial charge in [0.25, 0.3) is 0 Å². The molecule has 1 N–H and O–H groups in total. The van der Waals surface area contributed by atoms with Crippen molar-refractivity contribution in [3.8, 4) is 5.75 Å². The second-order valence-electron chi connectivity index (χ2n) is 4.43. The van der Waals surface area contributed by atoms with Crippen LogP contribution in [-0.2, 0) is 13.2 Å². The highest BCUT2D eigenvalue weighted by Gasteiger charge is 2.08. The maximum atomic E-state index is 9.12. The normalized spacial score (nSPS) is 10.7. The third-order valence-corrected chi connectivity index (χ3v) is 2.74. The van der Waals surface area contributed by atoms with E-state index < -0.39 is 0 Å². The predicted molar refractivity (Wildman–Crippen MR) is 67.4 cm³/mol. The second-order valence-corrected chi connectivity index (χ2v) is 4.43. The third-order valence-electron chi connectivity index (χ3n) is 2.74. The molecule has 0 aliphatic heterocycles. The van der Waals surface area contributed by atoms with E-state index in [2.05, 4.69) is 5.16 Å². The molecule has 0 radical (unpaired) electrons. The van der Waals surface area contributed by atoms with E-state index in [1.165, 1.54) is 0 Å². The average molecular weight is 247 g/mol. The molecule has 0 aliphatic carbocycles. The van der Waals surface area contributed by atoms with Crippen molar-refractivity contribution in [2.75, 3.05) is 0 Å². The van der Waals surface area contributed by atoms with Gasteiger partial charge < -0.3 is 14.4 Å². The quantitative estimate of drug-likeness (QED) is 0.902. The van der Waals surface area contributed by atoms with E-state index in [0.29, 0.717) is 6.61 Å². The van der Waals surface area contributed by atoms with E-state index in [1.54, 1.807) is 0 Å². The van der Waals surface area contributed by atoms with Gasteiger partial charge in [-0.25, -0.2) is 0 Å². The smallest absolute Gasteiger partial charge is 0.134 e. The van der Waals surface area contributed by atoms with Crippen molar-refractivity contribution in [2.45, 2.75) is 34.0 Å². The molecule has 18 heavy (non-hydrogen) atoms. The van der Waals surface area contributed by atoms with Crippen LogP contribution >= 0.6 is 0 Å². The first-order valence-corrected chi connectivity index (χ1v) is 5.86. The Morgan fingerprint density at radius 3 is 2.33 bits per heavy atom. The van der Waals surface area contributed by atoms with Crippen molar-refractivity contribution < 1.29 is 14.4 Å². The number of ether oxygens (including phenoxy) is 1. The average Bonchev–Trinajstić information content (AvgIpc) is 2.73. The summed E-state index contributed by atoms with van der Waals surface area (Å²) in [4.78, 5) is 0. The van der Waals surface area contributed by atoms with Crippen LogP contribution in [0.2, 0.25) is 0 Å². The number of rotatable bonds is 4. The van der Waals surface area contributed by atoms with Crippen LogP contribution < -0.4 is 4.74 Å². The van der Waals surface area contributed by atoms with Gasteiger partial charge in [-0.2, -0.15) is 0 Å². The van der Waals surface area contributed by atoms with E-state index in [1.807, 2.05) is 39.0 Å². The van der Waals surface area contributed by atoms with Gasteiger partial charge in [-0.1, -0.05) is 17.3 Å². The van der Waals surface area contributed by atoms with Crippen LogP contribution in [0.5, 0.6) is 5.75 Å². The van der Waals surface area contributed by atoms with Crippen LogP contribution in [0.3, 0.4) is 0 Å². The van der Waals surface area contributed by atoms with Crippen LogP contribution in [0.1, 0.15) is 28.1 Å². The van der Waals surface area contributed by atoms with Gasteiger partial charge in [-0.3, -0.25) is 0 Å². The topological polar surface area (TPSA) is 55.5 Å². The summed E-state index contributed by atoms with van der Waals surface area (Å²) in [6.07, 6.45) is 0. The van der Waals surface area contributed by atoms with Crippen LogP contribution in [0.4, 0.5) is 0 Å². The first-order chi connectivity index (χ1) is 8.60. The van der Waals surface area contributed by atoms with Gasteiger partial charge in [0.1, 0.15) is 23.8 Å². The van der Waals surface area contributed by atoms with Gasteiger partial charge in [-0.15, -0.1) is 0 Å². The zero-order chi connectivity index (χ0) is 13.1. The first-order valence-electron chi connectivity index (χ1n) is 5.86. The molecular formula is C14H17NO3. The SMILES string of the molecule is Cc1cc(COc2c(C)cc(CO)cc2C)no1. The lowest BCUT2D eigenvalue weighted by atomic mass is 10.1. The Kier molecular flexibility index (Phi) is 3.67. The first kappa shape index (κ1) is 12.6. The molecule has 0 saturated carbocycles. The maximum Gasteiger partial charge on any atom is 0.134 e. The van der Waals surface area contributed by atoms with Gasteiger partial charge in [0, 0.05) is 6.07 Å². The fourth-order valence-corrected chi connectivity index (χ4v) is 1.99. The molecule has 2 aromatic rings. The number of nitrogens with zero attached hydrogens (tertiary/aromatic N) is 1. The van der Waals surface area contributed by atoms with Crippen molar-refractivity contribution in [3.05, 3.63) is 46.3 Å². The minimum absolute atomic E-state index is 0.0461. The van der Waals surface area contributed by atoms with Gasteiger partial charge in [0.05, 0.1) is 6.61 Å². The predicted octanol–water partition coefficient (Wildman–Crippen LogP) is 2.67. The van der Waals surface area contributed by atoms with E-state index in [9.17, 15) is 0 Å². The Hall–Kier alpha value is -1.81. The zero-order valence-corrected chi connectivity index (χ0v) is 10.9. The number of benzene rings is 1. The number of hydrogen-bond donors (Lipinski definition) is 1. The lowest BCUT2D eigenvalue weighted by molar-refractivity contribution is 0.277. The van der Waals surface area contributed by atoms with Crippen LogP contribution in [-0.4, -0.2) is 10.3 Å². The zero-order valence-electron chi connectivity index (χ0n) is 10.9. The molecule has 2 rings (SSSR count). The number of hydrogen-bond acceptors (Lipinski definition) is 4. The fourth-order valence-electron chi connectivity index (χ4n) is 1.99. The standard InChI is InChI=1S/C14H17NO3/c1-9-4-12(7-16)5-10(2)14(9)17-8-13-6-11(3)18-15-13/h4-6,16H,7-8H2,1-3H3. The van der Waals surface area contributed by atoms with Crippen molar-refractivity contribution >= 4 is 0 Å². The summed E-state index contributed by atoms with van der Waals surface area (Å²) in [5.41, 5.74) is 3.70. The maximum absolute atomic E-state index is 9.12. The van der Waals surface area contributed by atoms with Gasteiger partial charge in [0.2, 0.25) is 0 Å². The Balaban J connectivity index is 2.14. The van der Waals surface area contributed by atoms with Crippen molar-refractivity contribution in [1.82, 2.24) is 5.16 Å². The lowest BCUT2D eigenvalue weighted by Gasteiger charge is -2.12. The van der Waals surface area contributed by atoms with Crippen LogP contribution in [0.25, 0.3) is 0 Å². The van der Waals surface area contributed by atoms with Crippen LogP contribution in [0.15, 0.2) is 22.7 Å². The highest BCUT2D eigenvalue weighted by atomic mass is 16.5. The number of aromatic nitrogens is 1. The van der Waals surface area contributed by atoms with Crippen molar-refractivity contribution in [2.24, 2.45) is 0 Å². The van der Waals surface area contributed by atoms with Gasteiger partial charge >= 0.3 is 0 Å². The highest BCUT2D eigenvalue weighted by molar-refractivity contribution is 5.43. The summed E-state index contributed by atoms with van der Waals surface area (Å²) in [5, 5.41) is 13.0. The van der Waals surface area contributed by atoms with Crippen LogP contribution in [0, 0.1) is 20.8 Å².